The molecule has 1 radical (unpaired) electrons. The Morgan fingerprint density at radius 1 is 1.36 bits per heavy atom. The van der Waals surface area contributed by atoms with Crippen molar-refractivity contribution >= 4 is 5.78 Å². The van der Waals surface area contributed by atoms with Gasteiger partial charge < -0.3 is 0 Å². The second-order valence-electron chi connectivity index (χ2n) is 3.46. The van der Waals surface area contributed by atoms with Crippen molar-refractivity contribution in [1.29, 1.82) is 0 Å². The predicted molar refractivity (Wildman–Crippen MR) is 44.1 cm³/mol. The van der Waals surface area contributed by atoms with Gasteiger partial charge >= 0.3 is 0 Å². The SMILES string of the molecule is CC([NH])C(=O)C1CCCCC1. The smallest absolute Gasteiger partial charge is 0.153 e. The average Bonchev–Trinajstić information content (AvgIpc) is 2.05. The largest absolute Gasteiger partial charge is 0.298 e. The number of Topliss-reactive ketones (excluding diaryl/α,β-unsaturated/α-hetero) is 1. The summed E-state index contributed by atoms with van der Waals surface area (Å²) in [6.45, 7) is 1.68. The van der Waals surface area contributed by atoms with Crippen LogP contribution in [0.1, 0.15) is 39.0 Å². The molecule has 1 saturated carbocycles. The second kappa shape index (κ2) is 3.86. The monoisotopic (exact) mass is 154 g/mol. The first-order valence-corrected chi connectivity index (χ1v) is 4.46. The highest BCUT2D eigenvalue weighted by molar-refractivity contribution is 5.85. The highest BCUT2D eigenvalue weighted by atomic mass is 16.1. The van der Waals surface area contributed by atoms with Gasteiger partial charge in [-0.2, -0.15) is 0 Å². The van der Waals surface area contributed by atoms with Gasteiger partial charge in [-0.25, -0.2) is 5.73 Å². The highest BCUT2D eigenvalue weighted by Gasteiger charge is 2.23. The zero-order valence-corrected chi connectivity index (χ0v) is 7.10. The molecule has 0 aromatic carbocycles. The van der Waals surface area contributed by atoms with Crippen LogP contribution in [0.15, 0.2) is 0 Å². The molecule has 0 spiro atoms. The third-order valence-corrected chi connectivity index (χ3v) is 2.43. The van der Waals surface area contributed by atoms with Gasteiger partial charge in [0.2, 0.25) is 0 Å². The molecule has 0 aliphatic heterocycles. The van der Waals surface area contributed by atoms with Gasteiger partial charge in [-0.1, -0.05) is 19.3 Å². The van der Waals surface area contributed by atoms with Crippen LogP contribution in [0.3, 0.4) is 0 Å². The Morgan fingerprint density at radius 2 is 1.91 bits per heavy atom. The summed E-state index contributed by atoms with van der Waals surface area (Å²) in [7, 11) is 0. The lowest BCUT2D eigenvalue weighted by Gasteiger charge is -2.21. The molecule has 0 aromatic rings. The summed E-state index contributed by atoms with van der Waals surface area (Å²) in [5.41, 5.74) is 7.27. The number of carbonyl (C=O) groups is 1. The fourth-order valence-electron chi connectivity index (χ4n) is 1.74. The number of hydrogen-bond acceptors (Lipinski definition) is 1. The maximum Gasteiger partial charge on any atom is 0.153 e. The van der Waals surface area contributed by atoms with Crippen molar-refractivity contribution in [3.8, 4) is 0 Å². The van der Waals surface area contributed by atoms with Gasteiger partial charge in [-0.3, -0.25) is 4.79 Å². The summed E-state index contributed by atoms with van der Waals surface area (Å²) in [6.07, 6.45) is 5.70. The van der Waals surface area contributed by atoms with E-state index in [4.69, 9.17) is 5.73 Å². The van der Waals surface area contributed by atoms with Gasteiger partial charge in [0.1, 0.15) is 0 Å². The van der Waals surface area contributed by atoms with E-state index in [0.29, 0.717) is 0 Å². The fraction of sp³-hybridized carbons (Fsp3) is 0.889. The first kappa shape index (κ1) is 8.72. The number of rotatable bonds is 2. The Labute approximate surface area is 68.2 Å². The summed E-state index contributed by atoms with van der Waals surface area (Å²) in [5, 5.41) is 0. The third kappa shape index (κ3) is 2.29. The lowest BCUT2D eigenvalue weighted by molar-refractivity contribution is -0.124. The van der Waals surface area contributed by atoms with Gasteiger partial charge in [0.25, 0.3) is 0 Å². The van der Waals surface area contributed by atoms with Crippen LogP contribution in [-0.2, 0) is 4.79 Å². The van der Waals surface area contributed by atoms with Crippen LogP contribution < -0.4 is 5.73 Å². The molecule has 0 aromatic heterocycles. The van der Waals surface area contributed by atoms with Crippen LogP contribution in [0, 0.1) is 5.92 Å². The van der Waals surface area contributed by atoms with Crippen LogP contribution in [-0.4, -0.2) is 11.8 Å². The number of hydrogen-bond donors (Lipinski definition) is 0. The maximum absolute atomic E-state index is 11.3. The van der Waals surface area contributed by atoms with Gasteiger partial charge in [0.05, 0.1) is 6.04 Å². The van der Waals surface area contributed by atoms with Gasteiger partial charge in [0, 0.05) is 5.92 Å². The van der Waals surface area contributed by atoms with E-state index < -0.39 is 6.04 Å². The van der Waals surface area contributed by atoms with E-state index in [1.807, 2.05) is 0 Å². The Bertz CT molecular complexity index is 136. The number of carbonyl (C=O) groups excluding carboxylic acids is 1. The molecule has 0 amide bonds. The van der Waals surface area contributed by atoms with Crippen LogP contribution in [0.5, 0.6) is 0 Å². The Hall–Kier alpha value is -0.370. The first-order chi connectivity index (χ1) is 5.22. The van der Waals surface area contributed by atoms with E-state index in [0.717, 1.165) is 12.8 Å². The first-order valence-electron chi connectivity index (χ1n) is 4.46. The topological polar surface area (TPSA) is 40.9 Å². The maximum atomic E-state index is 11.3. The molecule has 1 fully saturated rings. The molecule has 0 bridgehead atoms. The van der Waals surface area contributed by atoms with Crippen molar-refractivity contribution in [2.45, 2.75) is 45.1 Å². The van der Waals surface area contributed by atoms with E-state index in [1.54, 1.807) is 6.92 Å². The number of nitrogens with one attached hydrogen (secondary N) is 1. The molecular formula is C9H16NO. The fourth-order valence-corrected chi connectivity index (χ4v) is 1.74. The zero-order valence-electron chi connectivity index (χ0n) is 7.10. The van der Waals surface area contributed by atoms with Crippen LogP contribution >= 0.6 is 0 Å². The van der Waals surface area contributed by atoms with Crippen molar-refractivity contribution in [2.75, 3.05) is 0 Å². The standard InChI is InChI=1S/C9H16NO/c1-7(10)9(11)8-5-3-2-4-6-8/h7-8,10H,2-6H2,1H3. The average molecular weight is 154 g/mol. The molecule has 2 nitrogen and oxygen atoms in total. The molecular weight excluding hydrogens is 138 g/mol. The summed E-state index contributed by atoms with van der Waals surface area (Å²) < 4.78 is 0. The minimum Gasteiger partial charge on any atom is -0.298 e. The quantitative estimate of drug-likeness (QED) is 0.598. The predicted octanol–water partition coefficient (Wildman–Crippen LogP) is 1.81. The summed E-state index contributed by atoms with van der Waals surface area (Å²) in [4.78, 5) is 11.3. The van der Waals surface area contributed by atoms with E-state index in [2.05, 4.69) is 0 Å². The normalized spacial score (nSPS) is 23.1. The molecule has 0 heterocycles. The molecule has 63 valence electrons. The molecule has 1 aliphatic rings. The molecule has 1 N–H and O–H groups in total. The lowest BCUT2D eigenvalue weighted by atomic mass is 9.84. The molecule has 0 saturated heterocycles. The summed E-state index contributed by atoms with van der Waals surface area (Å²) in [5.74, 6) is 0.376. The van der Waals surface area contributed by atoms with Crippen molar-refractivity contribution in [3.63, 3.8) is 0 Å². The molecule has 2 heteroatoms. The van der Waals surface area contributed by atoms with Gasteiger partial charge in [-0.15, -0.1) is 0 Å². The summed E-state index contributed by atoms with van der Waals surface area (Å²) in [6, 6.07) is -0.502. The van der Waals surface area contributed by atoms with E-state index in [9.17, 15) is 4.79 Å². The number of ketones is 1. The lowest BCUT2D eigenvalue weighted by Crippen LogP contribution is -2.28. The molecule has 1 atom stereocenters. The molecule has 1 unspecified atom stereocenters. The Balaban J connectivity index is 2.39. The van der Waals surface area contributed by atoms with Gasteiger partial charge in [-0.05, 0) is 19.8 Å². The van der Waals surface area contributed by atoms with E-state index in [1.165, 1.54) is 19.3 Å². The minimum atomic E-state index is -0.502. The molecule has 1 aliphatic carbocycles. The van der Waals surface area contributed by atoms with Gasteiger partial charge in [0.15, 0.2) is 5.78 Å². The van der Waals surface area contributed by atoms with Crippen molar-refractivity contribution in [1.82, 2.24) is 5.73 Å². The van der Waals surface area contributed by atoms with Crippen LogP contribution in [0.25, 0.3) is 0 Å². The summed E-state index contributed by atoms with van der Waals surface area (Å²) >= 11 is 0. The van der Waals surface area contributed by atoms with Crippen molar-refractivity contribution in [3.05, 3.63) is 0 Å². The zero-order chi connectivity index (χ0) is 8.27. The second-order valence-corrected chi connectivity index (χ2v) is 3.46. The third-order valence-electron chi connectivity index (χ3n) is 2.43. The highest BCUT2D eigenvalue weighted by Crippen LogP contribution is 2.24. The Kier molecular flexibility index (Phi) is 3.06. The molecule has 1 rings (SSSR count). The Morgan fingerprint density at radius 3 is 2.36 bits per heavy atom. The molecule has 11 heavy (non-hydrogen) atoms. The van der Waals surface area contributed by atoms with E-state index in [-0.39, 0.29) is 11.7 Å². The van der Waals surface area contributed by atoms with Crippen molar-refractivity contribution in [2.24, 2.45) is 5.92 Å². The van der Waals surface area contributed by atoms with Crippen LogP contribution in [0.4, 0.5) is 0 Å². The van der Waals surface area contributed by atoms with E-state index >= 15 is 0 Å². The van der Waals surface area contributed by atoms with Crippen LogP contribution in [0.2, 0.25) is 0 Å². The minimum absolute atomic E-state index is 0.157. The van der Waals surface area contributed by atoms with Crippen molar-refractivity contribution < 1.29 is 4.79 Å².